The summed E-state index contributed by atoms with van der Waals surface area (Å²) in [5.74, 6) is -0.827. The zero-order valence-corrected chi connectivity index (χ0v) is 20.6. The molecule has 4 heterocycles. The van der Waals surface area contributed by atoms with Gasteiger partial charge in [-0.05, 0) is 36.2 Å². The van der Waals surface area contributed by atoms with Gasteiger partial charge in [0, 0.05) is 25.2 Å². The second-order valence-electron chi connectivity index (χ2n) is 9.30. The standard InChI is InChI=1S/C28H25FN6O3/c1-38-23-10-9-20(29)24-25(23)33-26(32-24)27(36)31-21-15-34(13-11-18(21)17-6-3-2-4-7-17)28(37)19-8-5-12-35-16-30-14-22(19)35/h2-10,12,14,16,18,21H,11,13,15H2,1H3,(H,31,36)(H,32,33)/t18-,21+/m0/s1. The third kappa shape index (κ3) is 4.13. The maximum Gasteiger partial charge on any atom is 0.287 e. The molecule has 0 aliphatic carbocycles. The van der Waals surface area contributed by atoms with Crippen molar-refractivity contribution in [2.75, 3.05) is 20.2 Å². The minimum atomic E-state index is -0.530. The van der Waals surface area contributed by atoms with Gasteiger partial charge in [-0.1, -0.05) is 30.3 Å². The van der Waals surface area contributed by atoms with Crippen LogP contribution in [0.3, 0.4) is 0 Å². The van der Waals surface area contributed by atoms with Crippen molar-refractivity contribution in [2.45, 2.75) is 18.4 Å². The number of likely N-dealkylation sites (tertiary alicyclic amines) is 1. The molecular weight excluding hydrogens is 487 g/mol. The van der Waals surface area contributed by atoms with Gasteiger partial charge in [-0.25, -0.2) is 14.4 Å². The van der Waals surface area contributed by atoms with E-state index < -0.39 is 17.8 Å². The summed E-state index contributed by atoms with van der Waals surface area (Å²) >= 11 is 0. The number of amides is 2. The molecule has 192 valence electrons. The average molecular weight is 513 g/mol. The number of aromatic nitrogens is 4. The highest BCUT2D eigenvalue weighted by atomic mass is 19.1. The van der Waals surface area contributed by atoms with Crippen LogP contribution in [0, 0.1) is 5.82 Å². The van der Waals surface area contributed by atoms with E-state index >= 15 is 0 Å². The van der Waals surface area contributed by atoms with E-state index in [1.807, 2.05) is 42.6 Å². The van der Waals surface area contributed by atoms with Crippen molar-refractivity contribution in [2.24, 2.45) is 0 Å². The fraction of sp³-hybridized carbons (Fsp3) is 0.214. The quantitative estimate of drug-likeness (QED) is 0.373. The van der Waals surface area contributed by atoms with Gasteiger partial charge in [0.15, 0.2) is 5.82 Å². The number of halogens is 1. The molecule has 1 fully saturated rings. The van der Waals surface area contributed by atoms with Gasteiger partial charge < -0.3 is 24.3 Å². The lowest BCUT2D eigenvalue weighted by Crippen LogP contribution is -2.53. The number of nitrogens with one attached hydrogen (secondary N) is 2. The Balaban J connectivity index is 1.30. The fourth-order valence-corrected chi connectivity index (χ4v) is 5.23. The summed E-state index contributed by atoms with van der Waals surface area (Å²) in [6.07, 6.45) is 5.82. The number of methoxy groups -OCH3 is 1. The van der Waals surface area contributed by atoms with E-state index in [0.717, 1.165) is 11.1 Å². The van der Waals surface area contributed by atoms with Crippen LogP contribution >= 0.6 is 0 Å². The van der Waals surface area contributed by atoms with Crippen LogP contribution in [0.1, 0.15) is 38.9 Å². The van der Waals surface area contributed by atoms with E-state index in [1.54, 1.807) is 27.9 Å². The lowest BCUT2D eigenvalue weighted by molar-refractivity contribution is 0.0655. The Labute approximate surface area is 217 Å². The molecule has 0 radical (unpaired) electrons. The fourth-order valence-electron chi connectivity index (χ4n) is 5.23. The van der Waals surface area contributed by atoms with Crippen LogP contribution in [0.5, 0.6) is 5.75 Å². The zero-order chi connectivity index (χ0) is 26.2. The van der Waals surface area contributed by atoms with Crippen LogP contribution in [-0.4, -0.2) is 62.3 Å². The molecule has 6 rings (SSSR count). The number of aromatic amines is 1. The van der Waals surface area contributed by atoms with Crippen molar-refractivity contribution >= 4 is 28.4 Å². The first-order chi connectivity index (χ1) is 18.5. The molecule has 1 saturated heterocycles. The number of carbonyl (C=O) groups is 2. The highest BCUT2D eigenvalue weighted by molar-refractivity contribution is 6.01. The second kappa shape index (κ2) is 9.62. The third-order valence-electron chi connectivity index (χ3n) is 7.12. The van der Waals surface area contributed by atoms with E-state index in [2.05, 4.69) is 20.3 Å². The maximum atomic E-state index is 14.4. The zero-order valence-electron chi connectivity index (χ0n) is 20.6. The monoisotopic (exact) mass is 512 g/mol. The molecule has 0 saturated carbocycles. The van der Waals surface area contributed by atoms with E-state index in [4.69, 9.17) is 4.74 Å². The predicted molar refractivity (Wildman–Crippen MR) is 139 cm³/mol. The van der Waals surface area contributed by atoms with Crippen LogP contribution in [0.25, 0.3) is 16.6 Å². The molecule has 38 heavy (non-hydrogen) atoms. The van der Waals surface area contributed by atoms with Gasteiger partial charge in [-0.2, -0.15) is 0 Å². The molecule has 2 atom stereocenters. The Morgan fingerprint density at radius 3 is 2.79 bits per heavy atom. The molecule has 0 spiro atoms. The Morgan fingerprint density at radius 2 is 1.97 bits per heavy atom. The minimum absolute atomic E-state index is 0.0226. The van der Waals surface area contributed by atoms with Gasteiger partial charge in [0.1, 0.15) is 22.6 Å². The summed E-state index contributed by atoms with van der Waals surface area (Å²) in [5.41, 5.74) is 2.68. The number of pyridine rings is 1. The molecule has 3 aromatic heterocycles. The number of hydrogen-bond donors (Lipinski definition) is 2. The van der Waals surface area contributed by atoms with Crippen LogP contribution in [0.15, 0.2) is 73.3 Å². The Hall–Kier alpha value is -4.73. The Bertz CT molecular complexity index is 1650. The van der Waals surface area contributed by atoms with Crippen molar-refractivity contribution in [1.82, 2.24) is 29.6 Å². The van der Waals surface area contributed by atoms with Crippen LogP contribution in [0.4, 0.5) is 4.39 Å². The normalized spacial score (nSPS) is 17.6. The maximum absolute atomic E-state index is 14.4. The second-order valence-corrected chi connectivity index (χ2v) is 9.30. The van der Waals surface area contributed by atoms with Gasteiger partial charge in [-0.3, -0.25) is 9.59 Å². The first-order valence-corrected chi connectivity index (χ1v) is 12.3. The lowest BCUT2D eigenvalue weighted by atomic mass is 9.85. The summed E-state index contributed by atoms with van der Waals surface area (Å²) in [6.45, 7) is 0.838. The van der Waals surface area contributed by atoms with Gasteiger partial charge in [0.05, 0.1) is 36.8 Å². The van der Waals surface area contributed by atoms with Gasteiger partial charge in [0.2, 0.25) is 0 Å². The summed E-state index contributed by atoms with van der Waals surface area (Å²) in [4.78, 5) is 40.0. The SMILES string of the molecule is COc1ccc(F)c2[nH]c(C(=O)N[C@@H]3CN(C(=O)c4cccn5cncc45)CC[C@H]3c3ccccc3)nc12. The van der Waals surface area contributed by atoms with Crippen LogP contribution < -0.4 is 10.1 Å². The summed E-state index contributed by atoms with van der Waals surface area (Å²) < 4.78 is 21.5. The molecule has 10 heteroatoms. The van der Waals surface area contributed by atoms with Gasteiger partial charge >= 0.3 is 0 Å². The number of imidazole rings is 2. The minimum Gasteiger partial charge on any atom is -0.494 e. The molecule has 1 aliphatic rings. The van der Waals surface area contributed by atoms with Crippen LogP contribution in [-0.2, 0) is 0 Å². The van der Waals surface area contributed by atoms with E-state index in [9.17, 15) is 14.0 Å². The number of nitrogens with zero attached hydrogens (tertiary/aromatic N) is 4. The number of fused-ring (bicyclic) bond motifs is 2. The highest BCUT2D eigenvalue weighted by Crippen LogP contribution is 2.30. The summed E-state index contributed by atoms with van der Waals surface area (Å²) in [6, 6.07) is 15.8. The number of H-pyrrole nitrogens is 1. The molecule has 2 N–H and O–H groups in total. The van der Waals surface area contributed by atoms with Crippen LogP contribution in [0.2, 0.25) is 0 Å². The first-order valence-electron chi connectivity index (χ1n) is 12.3. The van der Waals surface area contributed by atoms with Crippen molar-refractivity contribution in [3.63, 3.8) is 0 Å². The average Bonchev–Trinajstić information content (AvgIpc) is 3.62. The smallest absolute Gasteiger partial charge is 0.287 e. The number of ether oxygens (including phenoxy) is 1. The molecule has 0 bridgehead atoms. The predicted octanol–water partition coefficient (Wildman–Crippen LogP) is 3.79. The van der Waals surface area contributed by atoms with E-state index in [0.29, 0.717) is 30.8 Å². The van der Waals surface area contributed by atoms with Gasteiger partial charge in [-0.15, -0.1) is 0 Å². The van der Waals surface area contributed by atoms with Crippen molar-refractivity contribution < 1.29 is 18.7 Å². The third-order valence-corrected chi connectivity index (χ3v) is 7.12. The largest absolute Gasteiger partial charge is 0.494 e. The number of hydrogen-bond acceptors (Lipinski definition) is 5. The molecule has 5 aromatic rings. The van der Waals surface area contributed by atoms with Gasteiger partial charge in [0.25, 0.3) is 11.8 Å². The number of benzene rings is 2. The molecule has 2 amide bonds. The van der Waals surface area contributed by atoms with Crippen molar-refractivity contribution in [3.05, 3.63) is 96.1 Å². The lowest BCUT2D eigenvalue weighted by Gasteiger charge is -2.39. The Morgan fingerprint density at radius 1 is 1.13 bits per heavy atom. The van der Waals surface area contributed by atoms with E-state index in [1.165, 1.54) is 19.2 Å². The number of rotatable bonds is 5. The topological polar surface area (TPSA) is 105 Å². The Kier molecular flexibility index (Phi) is 5.99. The highest BCUT2D eigenvalue weighted by Gasteiger charge is 2.35. The summed E-state index contributed by atoms with van der Waals surface area (Å²) in [5, 5.41) is 3.06. The number of carbonyl (C=O) groups excluding carboxylic acids is 2. The number of piperidine rings is 1. The molecular formula is C28H25FN6O3. The first kappa shape index (κ1) is 23.7. The summed E-state index contributed by atoms with van der Waals surface area (Å²) in [7, 11) is 1.46. The molecule has 0 unspecified atom stereocenters. The molecule has 2 aromatic carbocycles. The van der Waals surface area contributed by atoms with Crippen molar-refractivity contribution in [3.8, 4) is 5.75 Å². The molecule has 1 aliphatic heterocycles. The molecule has 9 nitrogen and oxygen atoms in total. The van der Waals surface area contributed by atoms with E-state index in [-0.39, 0.29) is 28.7 Å². The van der Waals surface area contributed by atoms with Crippen molar-refractivity contribution in [1.29, 1.82) is 0 Å².